The molecule has 0 aromatic heterocycles. The fourth-order valence-electron chi connectivity index (χ4n) is 2.43. The zero-order valence-electron chi connectivity index (χ0n) is 15.0. The van der Waals surface area contributed by atoms with E-state index >= 15 is 0 Å². The highest BCUT2D eigenvalue weighted by molar-refractivity contribution is 7.80. The molecule has 1 heterocycles. The van der Waals surface area contributed by atoms with Crippen molar-refractivity contribution in [3.63, 3.8) is 0 Å². The molecule has 24 heavy (non-hydrogen) atoms. The Labute approximate surface area is 150 Å². The summed E-state index contributed by atoms with van der Waals surface area (Å²) in [6.07, 6.45) is 2.26. The van der Waals surface area contributed by atoms with Crippen LogP contribution in [0.5, 0.6) is 0 Å². The summed E-state index contributed by atoms with van der Waals surface area (Å²) in [6, 6.07) is 7.77. The first kappa shape index (κ1) is 19.1. The fourth-order valence-corrected chi connectivity index (χ4v) is 2.67. The van der Waals surface area contributed by atoms with Crippen molar-refractivity contribution in [2.75, 3.05) is 12.9 Å². The second kappa shape index (κ2) is 7.34. The number of hydrogen-bond acceptors (Lipinski definition) is 5. The van der Waals surface area contributed by atoms with Crippen LogP contribution in [0.4, 0.5) is 0 Å². The normalized spacial score (nSPS) is 19.4. The minimum atomic E-state index is -0.420. The van der Waals surface area contributed by atoms with Gasteiger partial charge in [-0.05, 0) is 44.3 Å². The Hall–Kier alpha value is -1.24. The molecule has 0 unspecified atom stereocenters. The maximum absolute atomic E-state index is 11.4. The van der Waals surface area contributed by atoms with Gasteiger partial charge >= 0.3 is 13.1 Å². The standard InChI is InChI=1S/C18H25BO4S/c1-17(2)18(3,4)23-19(22-17)15(12-24)10-13-7-6-8-14(9-13)11-16(20)21-5/h6-10,24H,11-12H2,1-5H3. The number of carbonyl (C=O) groups is 1. The van der Waals surface area contributed by atoms with Crippen LogP contribution in [0.2, 0.25) is 0 Å². The third-order valence-electron chi connectivity index (χ3n) is 4.62. The van der Waals surface area contributed by atoms with Gasteiger partial charge in [0.2, 0.25) is 0 Å². The molecule has 0 bridgehead atoms. The van der Waals surface area contributed by atoms with Gasteiger partial charge in [0.25, 0.3) is 0 Å². The second-order valence-corrected chi connectivity index (χ2v) is 7.28. The lowest BCUT2D eigenvalue weighted by Gasteiger charge is -2.32. The predicted octanol–water partition coefficient (Wildman–Crippen LogP) is 3.35. The van der Waals surface area contributed by atoms with Gasteiger partial charge in [0.1, 0.15) is 0 Å². The average molecular weight is 348 g/mol. The topological polar surface area (TPSA) is 44.8 Å². The molecule has 0 radical (unpaired) electrons. The number of esters is 1. The first-order chi connectivity index (χ1) is 11.2. The van der Waals surface area contributed by atoms with E-state index in [1.807, 2.05) is 58.0 Å². The Morgan fingerprint density at radius 1 is 1.25 bits per heavy atom. The zero-order chi connectivity index (χ0) is 18.0. The molecule has 130 valence electrons. The number of methoxy groups -OCH3 is 1. The number of ether oxygens (including phenoxy) is 1. The van der Waals surface area contributed by atoms with Crippen molar-refractivity contribution < 1.29 is 18.8 Å². The van der Waals surface area contributed by atoms with Gasteiger partial charge in [-0.15, -0.1) is 0 Å². The van der Waals surface area contributed by atoms with E-state index in [1.54, 1.807) is 0 Å². The predicted molar refractivity (Wildman–Crippen MR) is 100 cm³/mol. The van der Waals surface area contributed by atoms with Gasteiger partial charge < -0.3 is 14.0 Å². The summed E-state index contributed by atoms with van der Waals surface area (Å²) in [5, 5.41) is 0. The van der Waals surface area contributed by atoms with E-state index in [4.69, 9.17) is 14.0 Å². The highest BCUT2D eigenvalue weighted by atomic mass is 32.1. The van der Waals surface area contributed by atoms with Crippen LogP contribution in [-0.4, -0.2) is 37.2 Å². The van der Waals surface area contributed by atoms with Crippen molar-refractivity contribution >= 4 is 31.8 Å². The lowest BCUT2D eigenvalue weighted by molar-refractivity contribution is -0.139. The minimum Gasteiger partial charge on any atom is -0.469 e. The summed E-state index contributed by atoms with van der Waals surface area (Å²) in [5.74, 6) is 0.273. The van der Waals surface area contributed by atoms with Gasteiger partial charge in [-0.2, -0.15) is 12.6 Å². The molecule has 1 saturated heterocycles. The molecular weight excluding hydrogens is 323 g/mol. The molecular formula is C18H25BO4S. The number of carbonyl (C=O) groups excluding carboxylic acids is 1. The van der Waals surface area contributed by atoms with Crippen molar-refractivity contribution in [2.24, 2.45) is 0 Å². The largest absolute Gasteiger partial charge is 0.491 e. The number of hydrogen-bond donors (Lipinski definition) is 1. The number of thiol groups is 1. The molecule has 1 fully saturated rings. The van der Waals surface area contributed by atoms with Crippen LogP contribution >= 0.6 is 12.6 Å². The summed E-state index contributed by atoms with van der Waals surface area (Å²) in [5.41, 5.74) is 2.07. The van der Waals surface area contributed by atoms with E-state index in [-0.39, 0.29) is 23.6 Å². The third kappa shape index (κ3) is 4.24. The molecule has 1 aromatic carbocycles. The molecule has 4 nitrogen and oxygen atoms in total. The highest BCUT2D eigenvalue weighted by Crippen LogP contribution is 2.39. The molecule has 0 saturated carbocycles. The molecule has 1 aromatic rings. The van der Waals surface area contributed by atoms with Gasteiger partial charge in [0.05, 0.1) is 24.7 Å². The van der Waals surface area contributed by atoms with E-state index in [9.17, 15) is 4.79 Å². The van der Waals surface area contributed by atoms with Gasteiger partial charge in [0.15, 0.2) is 0 Å². The Kier molecular flexibility index (Phi) is 5.84. The van der Waals surface area contributed by atoms with Gasteiger partial charge in [-0.3, -0.25) is 4.79 Å². The Balaban J connectivity index is 2.22. The van der Waals surface area contributed by atoms with Crippen LogP contribution in [0.3, 0.4) is 0 Å². The molecule has 0 aliphatic carbocycles. The lowest BCUT2D eigenvalue weighted by Crippen LogP contribution is -2.41. The SMILES string of the molecule is COC(=O)Cc1cccc(C=C(CS)B2OC(C)(C)C(C)(C)O2)c1. The molecule has 6 heteroatoms. The number of benzene rings is 1. The number of rotatable bonds is 5. The molecule has 1 aliphatic rings. The van der Waals surface area contributed by atoms with Crippen LogP contribution in [-0.2, 0) is 25.3 Å². The molecule has 0 amide bonds. The molecule has 2 rings (SSSR count). The van der Waals surface area contributed by atoms with E-state index < -0.39 is 7.12 Å². The molecule has 1 aliphatic heterocycles. The Morgan fingerprint density at radius 3 is 2.42 bits per heavy atom. The highest BCUT2D eigenvalue weighted by Gasteiger charge is 2.52. The van der Waals surface area contributed by atoms with Gasteiger partial charge in [-0.25, -0.2) is 0 Å². The van der Waals surface area contributed by atoms with Crippen LogP contribution in [0.1, 0.15) is 38.8 Å². The summed E-state index contributed by atoms with van der Waals surface area (Å²) in [4.78, 5) is 11.4. The van der Waals surface area contributed by atoms with Crippen LogP contribution in [0.25, 0.3) is 6.08 Å². The molecule has 0 N–H and O–H groups in total. The lowest BCUT2D eigenvalue weighted by atomic mass is 9.78. The molecule has 0 atom stereocenters. The third-order valence-corrected chi connectivity index (χ3v) is 4.98. The quantitative estimate of drug-likeness (QED) is 0.504. The monoisotopic (exact) mass is 348 g/mol. The summed E-state index contributed by atoms with van der Waals surface area (Å²) >= 11 is 4.43. The minimum absolute atomic E-state index is 0.253. The van der Waals surface area contributed by atoms with Crippen LogP contribution in [0.15, 0.2) is 29.7 Å². The maximum Gasteiger partial charge on any atom is 0.491 e. The van der Waals surface area contributed by atoms with Crippen LogP contribution < -0.4 is 0 Å². The van der Waals surface area contributed by atoms with Gasteiger partial charge in [0, 0.05) is 5.75 Å². The van der Waals surface area contributed by atoms with E-state index in [1.165, 1.54) is 7.11 Å². The van der Waals surface area contributed by atoms with E-state index in [0.29, 0.717) is 5.75 Å². The van der Waals surface area contributed by atoms with Crippen molar-refractivity contribution in [1.82, 2.24) is 0 Å². The average Bonchev–Trinajstić information content (AvgIpc) is 2.73. The Bertz CT molecular complexity index is 624. The van der Waals surface area contributed by atoms with Gasteiger partial charge in [-0.1, -0.05) is 30.3 Å². The summed E-state index contributed by atoms with van der Waals surface area (Å²) in [7, 11) is 0.973. The second-order valence-electron chi connectivity index (χ2n) is 6.96. The smallest absolute Gasteiger partial charge is 0.469 e. The van der Waals surface area contributed by atoms with Crippen molar-refractivity contribution in [3.8, 4) is 0 Å². The first-order valence-corrected chi connectivity index (χ1v) is 8.64. The van der Waals surface area contributed by atoms with E-state index in [2.05, 4.69) is 12.6 Å². The Morgan fingerprint density at radius 2 is 1.88 bits per heavy atom. The van der Waals surface area contributed by atoms with E-state index in [0.717, 1.165) is 16.6 Å². The summed E-state index contributed by atoms with van der Waals surface area (Å²) < 4.78 is 16.9. The van der Waals surface area contributed by atoms with Crippen molar-refractivity contribution in [3.05, 3.63) is 40.9 Å². The fraction of sp³-hybridized carbons (Fsp3) is 0.500. The maximum atomic E-state index is 11.4. The van der Waals surface area contributed by atoms with Crippen molar-refractivity contribution in [2.45, 2.75) is 45.3 Å². The summed E-state index contributed by atoms with van der Waals surface area (Å²) in [6.45, 7) is 8.11. The van der Waals surface area contributed by atoms with Crippen LogP contribution in [0, 0.1) is 0 Å². The van der Waals surface area contributed by atoms with Crippen molar-refractivity contribution in [1.29, 1.82) is 0 Å². The first-order valence-electron chi connectivity index (χ1n) is 8.01. The molecule has 0 spiro atoms. The zero-order valence-corrected chi connectivity index (χ0v) is 15.9.